The van der Waals surface area contributed by atoms with Crippen LogP contribution in [0.5, 0.6) is 0 Å². The van der Waals surface area contributed by atoms with E-state index in [2.05, 4.69) is 26.0 Å². The molecule has 3 rings (SSSR count). The summed E-state index contributed by atoms with van der Waals surface area (Å²) in [6, 6.07) is 0. The molecule has 2 heteroatoms. The maximum absolute atomic E-state index is 5.54. The summed E-state index contributed by atoms with van der Waals surface area (Å²) in [5.41, 5.74) is 0.421. The SMILES string of the molecule is CC1(C)C2C=C3OCCOC3=CC21. The molecule has 0 bridgehead atoms. The van der Waals surface area contributed by atoms with E-state index in [0.717, 1.165) is 11.5 Å². The van der Waals surface area contributed by atoms with E-state index in [-0.39, 0.29) is 0 Å². The van der Waals surface area contributed by atoms with E-state index in [1.54, 1.807) is 0 Å². The standard InChI is InChI=1S/C11H14O2/c1-11(2)7-5-9-10(6-8(7)11)13-4-3-12-9/h5-8H,3-4H2,1-2H3. The summed E-state index contributed by atoms with van der Waals surface area (Å²) in [6.07, 6.45) is 4.47. The summed E-state index contributed by atoms with van der Waals surface area (Å²) in [5, 5.41) is 0. The van der Waals surface area contributed by atoms with Gasteiger partial charge in [-0.15, -0.1) is 0 Å². The Hall–Kier alpha value is -0.920. The number of rotatable bonds is 0. The quantitative estimate of drug-likeness (QED) is 0.565. The number of allylic oxidation sites excluding steroid dienone is 2. The van der Waals surface area contributed by atoms with Gasteiger partial charge in [-0.2, -0.15) is 0 Å². The van der Waals surface area contributed by atoms with Gasteiger partial charge in [0.25, 0.3) is 0 Å². The van der Waals surface area contributed by atoms with Gasteiger partial charge in [-0.1, -0.05) is 13.8 Å². The molecule has 0 aromatic carbocycles. The summed E-state index contributed by atoms with van der Waals surface area (Å²) in [4.78, 5) is 0. The molecule has 2 fully saturated rings. The lowest BCUT2D eigenvalue weighted by atomic mass is 10.1. The monoisotopic (exact) mass is 178 g/mol. The normalized spacial score (nSPS) is 38.6. The molecule has 3 aliphatic rings. The molecule has 13 heavy (non-hydrogen) atoms. The molecular weight excluding hydrogens is 164 g/mol. The maximum Gasteiger partial charge on any atom is 0.157 e. The van der Waals surface area contributed by atoms with Crippen molar-refractivity contribution < 1.29 is 9.47 Å². The van der Waals surface area contributed by atoms with E-state index in [1.807, 2.05) is 0 Å². The van der Waals surface area contributed by atoms with Gasteiger partial charge in [-0.3, -0.25) is 0 Å². The predicted octanol–water partition coefficient (Wildman–Crippen LogP) is 2.09. The Labute approximate surface area is 78.2 Å². The Morgan fingerprint density at radius 2 is 1.54 bits per heavy atom. The minimum absolute atomic E-state index is 0.421. The summed E-state index contributed by atoms with van der Waals surface area (Å²) < 4.78 is 11.1. The topological polar surface area (TPSA) is 18.5 Å². The fourth-order valence-electron chi connectivity index (χ4n) is 2.39. The highest BCUT2D eigenvalue weighted by atomic mass is 16.6. The molecule has 1 saturated heterocycles. The first-order valence-corrected chi connectivity index (χ1v) is 4.89. The molecular formula is C11H14O2. The maximum atomic E-state index is 5.54. The lowest BCUT2D eigenvalue weighted by Crippen LogP contribution is -2.15. The molecule has 2 atom stereocenters. The first kappa shape index (κ1) is 7.48. The van der Waals surface area contributed by atoms with Gasteiger partial charge in [0.1, 0.15) is 13.2 Å². The van der Waals surface area contributed by atoms with Gasteiger partial charge < -0.3 is 9.47 Å². The zero-order valence-electron chi connectivity index (χ0n) is 8.04. The van der Waals surface area contributed by atoms with E-state index in [1.165, 1.54) is 0 Å². The van der Waals surface area contributed by atoms with E-state index >= 15 is 0 Å². The number of hydrogen-bond acceptors (Lipinski definition) is 2. The highest BCUT2D eigenvalue weighted by Crippen LogP contribution is 2.62. The second-order valence-corrected chi connectivity index (χ2v) is 4.63. The lowest BCUT2D eigenvalue weighted by Gasteiger charge is -2.22. The van der Waals surface area contributed by atoms with Gasteiger partial charge in [-0.05, 0) is 29.4 Å². The molecule has 1 aliphatic heterocycles. The first-order valence-electron chi connectivity index (χ1n) is 4.89. The van der Waals surface area contributed by atoms with Crippen LogP contribution in [-0.4, -0.2) is 13.2 Å². The summed E-state index contributed by atoms with van der Waals surface area (Å²) >= 11 is 0. The Kier molecular flexibility index (Phi) is 1.22. The van der Waals surface area contributed by atoms with E-state index in [0.29, 0.717) is 30.5 Å². The van der Waals surface area contributed by atoms with Gasteiger partial charge in [0.05, 0.1) is 0 Å². The minimum atomic E-state index is 0.421. The Morgan fingerprint density at radius 1 is 1.08 bits per heavy atom. The van der Waals surface area contributed by atoms with Crippen LogP contribution in [0, 0.1) is 17.3 Å². The van der Waals surface area contributed by atoms with Crippen LogP contribution >= 0.6 is 0 Å². The second-order valence-electron chi connectivity index (χ2n) is 4.63. The van der Waals surface area contributed by atoms with Gasteiger partial charge in [0.15, 0.2) is 11.5 Å². The van der Waals surface area contributed by atoms with Crippen LogP contribution in [0.15, 0.2) is 23.7 Å². The lowest BCUT2D eigenvalue weighted by molar-refractivity contribution is 0.0567. The van der Waals surface area contributed by atoms with Crippen molar-refractivity contribution in [1.29, 1.82) is 0 Å². The third-order valence-corrected chi connectivity index (χ3v) is 3.50. The average molecular weight is 178 g/mol. The highest BCUT2D eigenvalue weighted by Gasteiger charge is 2.57. The molecule has 1 saturated carbocycles. The summed E-state index contributed by atoms with van der Waals surface area (Å²) in [7, 11) is 0. The zero-order chi connectivity index (χ0) is 9.05. The number of ether oxygens (including phenoxy) is 2. The molecule has 0 aromatic heterocycles. The molecule has 0 aromatic rings. The largest absolute Gasteiger partial charge is 0.486 e. The minimum Gasteiger partial charge on any atom is -0.486 e. The average Bonchev–Trinajstić information content (AvgIpc) is 2.66. The molecule has 0 amide bonds. The van der Waals surface area contributed by atoms with Gasteiger partial charge in [0.2, 0.25) is 0 Å². The van der Waals surface area contributed by atoms with Crippen molar-refractivity contribution in [3.05, 3.63) is 23.7 Å². The Morgan fingerprint density at radius 3 is 2.00 bits per heavy atom. The van der Waals surface area contributed by atoms with Crippen LogP contribution in [0.3, 0.4) is 0 Å². The van der Waals surface area contributed by atoms with E-state index < -0.39 is 0 Å². The van der Waals surface area contributed by atoms with Crippen LogP contribution in [0.25, 0.3) is 0 Å². The van der Waals surface area contributed by atoms with Gasteiger partial charge >= 0.3 is 0 Å². The summed E-state index contributed by atoms with van der Waals surface area (Å²) in [5.74, 6) is 3.29. The molecule has 2 unspecified atom stereocenters. The zero-order valence-corrected chi connectivity index (χ0v) is 8.04. The van der Waals surface area contributed by atoms with E-state index in [4.69, 9.17) is 9.47 Å². The fourth-order valence-corrected chi connectivity index (χ4v) is 2.39. The van der Waals surface area contributed by atoms with Crippen LogP contribution in [-0.2, 0) is 9.47 Å². The van der Waals surface area contributed by atoms with Crippen LogP contribution < -0.4 is 0 Å². The molecule has 2 aliphatic carbocycles. The van der Waals surface area contributed by atoms with Crippen molar-refractivity contribution in [1.82, 2.24) is 0 Å². The molecule has 0 radical (unpaired) electrons. The third kappa shape index (κ3) is 0.888. The van der Waals surface area contributed by atoms with E-state index in [9.17, 15) is 0 Å². The molecule has 0 N–H and O–H groups in total. The van der Waals surface area contributed by atoms with Crippen LogP contribution in [0.1, 0.15) is 13.8 Å². The Bertz CT molecular complexity index is 282. The Balaban J connectivity index is 1.95. The number of fused-ring (bicyclic) bond motifs is 2. The highest BCUT2D eigenvalue weighted by molar-refractivity contribution is 5.37. The van der Waals surface area contributed by atoms with Crippen molar-refractivity contribution in [2.45, 2.75) is 13.8 Å². The fraction of sp³-hybridized carbons (Fsp3) is 0.636. The van der Waals surface area contributed by atoms with Gasteiger partial charge in [0, 0.05) is 0 Å². The van der Waals surface area contributed by atoms with Crippen LogP contribution in [0.2, 0.25) is 0 Å². The third-order valence-electron chi connectivity index (χ3n) is 3.50. The predicted molar refractivity (Wildman–Crippen MR) is 48.8 cm³/mol. The second kappa shape index (κ2) is 2.11. The van der Waals surface area contributed by atoms with Crippen molar-refractivity contribution in [3.8, 4) is 0 Å². The molecule has 70 valence electrons. The van der Waals surface area contributed by atoms with Crippen LogP contribution in [0.4, 0.5) is 0 Å². The van der Waals surface area contributed by atoms with Crippen molar-refractivity contribution in [2.24, 2.45) is 17.3 Å². The smallest absolute Gasteiger partial charge is 0.157 e. The van der Waals surface area contributed by atoms with Crippen molar-refractivity contribution in [3.63, 3.8) is 0 Å². The van der Waals surface area contributed by atoms with Crippen molar-refractivity contribution >= 4 is 0 Å². The molecule has 0 spiro atoms. The number of hydrogen-bond donors (Lipinski definition) is 0. The summed E-state index contributed by atoms with van der Waals surface area (Å²) in [6.45, 7) is 5.99. The molecule has 1 heterocycles. The molecule has 2 nitrogen and oxygen atoms in total. The van der Waals surface area contributed by atoms with Crippen molar-refractivity contribution in [2.75, 3.05) is 13.2 Å². The van der Waals surface area contributed by atoms with Gasteiger partial charge in [-0.25, -0.2) is 0 Å². The first-order chi connectivity index (χ1) is 6.19.